The zero-order valence-electron chi connectivity index (χ0n) is 7.16. The number of carbonyl (C=O) groups is 1. The number of carboxylic acids is 1. The van der Waals surface area contributed by atoms with Gasteiger partial charge in [-0.25, -0.2) is 0 Å². The van der Waals surface area contributed by atoms with Crippen LogP contribution in [0.3, 0.4) is 0 Å². The van der Waals surface area contributed by atoms with Crippen LogP contribution >= 0.6 is 0 Å². The number of hydrogen-bond donors (Lipinski definition) is 4. The maximum Gasteiger partial charge on any atom is 0.323 e. The van der Waals surface area contributed by atoms with Crippen molar-refractivity contribution in [2.45, 2.75) is 12.1 Å². The van der Waals surface area contributed by atoms with Crippen molar-refractivity contribution in [2.75, 3.05) is 0 Å². The molecule has 2 atom stereocenters. The van der Waals surface area contributed by atoms with Crippen molar-refractivity contribution in [2.24, 2.45) is 5.73 Å². The number of aliphatic hydroxyl groups excluding tert-OH is 1. The summed E-state index contributed by atoms with van der Waals surface area (Å²) in [5.74, 6) is -1.47. The third-order valence-electron chi connectivity index (χ3n) is 1.71. The van der Waals surface area contributed by atoms with Crippen molar-refractivity contribution >= 4 is 5.97 Å². The van der Waals surface area contributed by atoms with E-state index >= 15 is 0 Å². The summed E-state index contributed by atoms with van der Waals surface area (Å²) in [5, 5.41) is 27.0. The minimum Gasteiger partial charge on any atom is -0.506 e. The molecule has 0 amide bonds. The first-order valence-electron chi connectivity index (χ1n) is 3.82. The maximum atomic E-state index is 10.4. The third-order valence-corrected chi connectivity index (χ3v) is 1.71. The van der Waals surface area contributed by atoms with Gasteiger partial charge in [-0.05, 0) is 6.07 Å². The molecule has 1 aromatic heterocycles. The fourth-order valence-corrected chi connectivity index (χ4v) is 0.949. The van der Waals surface area contributed by atoms with Gasteiger partial charge in [0, 0.05) is 11.8 Å². The number of hydrogen-bond acceptors (Lipinski definition) is 5. The Labute approximate surface area is 79.6 Å². The molecule has 0 spiro atoms. The van der Waals surface area contributed by atoms with Crippen LogP contribution in [0.4, 0.5) is 0 Å². The Hall–Kier alpha value is -1.66. The molecule has 0 saturated carbocycles. The SMILES string of the molecule is NC(C(=O)O)C(O)c1cncc(O)c1. The average molecular weight is 198 g/mol. The van der Waals surface area contributed by atoms with Crippen LogP contribution in [0, 0.1) is 0 Å². The van der Waals surface area contributed by atoms with Crippen molar-refractivity contribution in [1.29, 1.82) is 0 Å². The lowest BCUT2D eigenvalue weighted by Crippen LogP contribution is -2.36. The van der Waals surface area contributed by atoms with E-state index in [1.807, 2.05) is 0 Å². The van der Waals surface area contributed by atoms with Crippen molar-refractivity contribution in [3.63, 3.8) is 0 Å². The van der Waals surface area contributed by atoms with E-state index in [4.69, 9.17) is 15.9 Å². The smallest absolute Gasteiger partial charge is 0.323 e. The number of aromatic nitrogens is 1. The fourth-order valence-electron chi connectivity index (χ4n) is 0.949. The molecule has 0 radical (unpaired) electrons. The zero-order chi connectivity index (χ0) is 10.7. The van der Waals surface area contributed by atoms with Crippen molar-refractivity contribution in [3.05, 3.63) is 24.0 Å². The van der Waals surface area contributed by atoms with Crippen molar-refractivity contribution in [3.8, 4) is 5.75 Å². The second-order valence-corrected chi connectivity index (χ2v) is 2.79. The van der Waals surface area contributed by atoms with Gasteiger partial charge in [0.15, 0.2) is 0 Å². The number of nitrogens with two attached hydrogens (primary N) is 1. The number of aromatic hydroxyl groups is 1. The van der Waals surface area contributed by atoms with Crippen LogP contribution in [0.5, 0.6) is 5.75 Å². The van der Waals surface area contributed by atoms with E-state index in [1.165, 1.54) is 18.5 Å². The van der Waals surface area contributed by atoms with Crippen LogP contribution in [-0.2, 0) is 4.79 Å². The minimum atomic E-state index is -1.43. The van der Waals surface area contributed by atoms with Gasteiger partial charge >= 0.3 is 5.97 Å². The van der Waals surface area contributed by atoms with E-state index < -0.39 is 18.1 Å². The number of aliphatic carboxylic acids is 1. The Morgan fingerprint density at radius 3 is 2.64 bits per heavy atom. The minimum absolute atomic E-state index is 0.154. The van der Waals surface area contributed by atoms with Crippen LogP contribution in [0.15, 0.2) is 18.5 Å². The monoisotopic (exact) mass is 198 g/mol. The fraction of sp³-hybridized carbons (Fsp3) is 0.250. The molecule has 6 nitrogen and oxygen atoms in total. The Morgan fingerprint density at radius 2 is 2.14 bits per heavy atom. The average Bonchev–Trinajstić information content (AvgIpc) is 2.15. The largest absolute Gasteiger partial charge is 0.506 e. The summed E-state index contributed by atoms with van der Waals surface area (Å²) in [6.07, 6.45) is 1.03. The number of pyridine rings is 1. The van der Waals surface area contributed by atoms with E-state index in [9.17, 15) is 9.90 Å². The summed E-state index contributed by atoms with van der Waals surface area (Å²) in [6, 6.07) is -0.223. The second kappa shape index (κ2) is 4.03. The van der Waals surface area contributed by atoms with E-state index in [0.717, 1.165) is 0 Å². The third kappa shape index (κ3) is 2.18. The van der Waals surface area contributed by atoms with Gasteiger partial charge in [-0.1, -0.05) is 0 Å². The van der Waals surface area contributed by atoms with Crippen LogP contribution < -0.4 is 5.73 Å². The summed E-state index contributed by atoms with van der Waals surface area (Å²) >= 11 is 0. The molecule has 6 heteroatoms. The van der Waals surface area contributed by atoms with Gasteiger partial charge in [0.05, 0.1) is 6.20 Å². The second-order valence-electron chi connectivity index (χ2n) is 2.79. The standard InChI is InChI=1S/C8H10N2O4/c9-6(8(13)14)7(12)4-1-5(11)3-10-2-4/h1-3,6-7,11-12H,9H2,(H,13,14). The lowest BCUT2D eigenvalue weighted by molar-refractivity contribution is -0.141. The molecule has 0 aliphatic rings. The van der Waals surface area contributed by atoms with Gasteiger partial charge in [-0.15, -0.1) is 0 Å². The van der Waals surface area contributed by atoms with E-state index in [2.05, 4.69) is 4.98 Å². The van der Waals surface area contributed by atoms with Crippen molar-refractivity contribution < 1.29 is 20.1 Å². The highest BCUT2D eigenvalue weighted by atomic mass is 16.4. The van der Waals surface area contributed by atoms with Gasteiger partial charge < -0.3 is 21.1 Å². The molecule has 1 aromatic rings. The van der Waals surface area contributed by atoms with E-state index in [-0.39, 0.29) is 11.3 Å². The van der Waals surface area contributed by atoms with Crippen molar-refractivity contribution in [1.82, 2.24) is 4.98 Å². The van der Waals surface area contributed by atoms with Gasteiger partial charge in [-0.3, -0.25) is 9.78 Å². The molecule has 0 aromatic carbocycles. The van der Waals surface area contributed by atoms with Gasteiger partial charge in [0.25, 0.3) is 0 Å². The predicted octanol–water partition coefficient (Wildman–Crippen LogP) is -0.768. The van der Waals surface area contributed by atoms with Crippen LogP contribution in [0.25, 0.3) is 0 Å². The zero-order valence-corrected chi connectivity index (χ0v) is 7.16. The highest BCUT2D eigenvalue weighted by molar-refractivity contribution is 5.74. The summed E-state index contributed by atoms with van der Waals surface area (Å²) in [7, 11) is 0. The predicted molar refractivity (Wildman–Crippen MR) is 46.5 cm³/mol. The highest BCUT2D eigenvalue weighted by Crippen LogP contribution is 2.18. The number of aliphatic hydroxyl groups is 1. The molecule has 1 heterocycles. The van der Waals surface area contributed by atoms with Gasteiger partial charge in [-0.2, -0.15) is 0 Å². The molecule has 0 aliphatic carbocycles. The van der Waals surface area contributed by atoms with Gasteiger partial charge in [0.2, 0.25) is 0 Å². The normalized spacial score (nSPS) is 14.7. The summed E-state index contributed by atoms with van der Waals surface area (Å²) < 4.78 is 0. The molecule has 76 valence electrons. The molecular weight excluding hydrogens is 188 g/mol. The molecule has 1 rings (SSSR count). The molecule has 0 fully saturated rings. The van der Waals surface area contributed by atoms with E-state index in [0.29, 0.717) is 0 Å². The summed E-state index contributed by atoms with van der Waals surface area (Å²) in [4.78, 5) is 14.0. The lowest BCUT2D eigenvalue weighted by atomic mass is 10.1. The topological polar surface area (TPSA) is 117 Å². The first-order valence-corrected chi connectivity index (χ1v) is 3.82. The molecular formula is C8H10N2O4. The molecule has 0 saturated heterocycles. The Balaban J connectivity index is 2.89. The molecule has 2 unspecified atom stereocenters. The number of carboxylic acid groups (broad SMARTS) is 1. The Kier molecular flexibility index (Phi) is 3.00. The molecule has 14 heavy (non-hydrogen) atoms. The quantitative estimate of drug-likeness (QED) is 0.506. The Morgan fingerprint density at radius 1 is 1.50 bits per heavy atom. The first-order chi connectivity index (χ1) is 6.52. The first kappa shape index (κ1) is 10.4. The number of rotatable bonds is 3. The van der Waals surface area contributed by atoms with Crippen LogP contribution in [-0.4, -0.2) is 32.3 Å². The van der Waals surface area contributed by atoms with Gasteiger partial charge in [0.1, 0.15) is 17.9 Å². The van der Waals surface area contributed by atoms with Crippen LogP contribution in [0.2, 0.25) is 0 Å². The van der Waals surface area contributed by atoms with E-state index in [1.54, 1.807) is 0 Å². The molecule has 0 bridgehead atoms. The molecule has 0 aliphatic heterocycles. The molecule has 5 N–H and O–H groups in total. The Bertz CT molecular complexity index is 342. The summed E-state index contributed by atoms with van der Waals surface area (Å²) in [5.41, 5.74) is 5.35. The summed E-state index contributed by atoms with van der Waals surface area (Å²) in [6.45, 7) is 0. The van der Waals surface area contributed by atoms with Crippen LogP contribution in [0.1, 0.15) is 11.7 Å². The number of nitrogens with zero attached hydrogens (tertiary/aromatic N) is 1. The lowest BCUT2D eigenvalue weighted by Gasteiger charge is -2.14. The maximum absolute atomic E-state index is 10.4. The highest BCUT2D eigenvalue weighted by Gasteiger charge is 2.23.